The number of nitrogens with one attached hydrogen (secondary N) is 1. The number of nitro groups is 1. The SMILES string of the molecule is CCOc1ccccc1-c1noc(CN2C(=O)NC(C)(c3cccc([N+](=O)[O-])c3)C2=O)n1. The number of carbonyl (C=O) groups is 2. The van der Waals surface area contributed by atoms with Gasteiger partial charge in [0.05, 0.1) is 17.1 Å². The fraction of sp³-hybridized carbons (Fsp3) is 0.238. The molecule has 1 unspecified atom stereocenters. The summed E-state index contributed by atoms with van der Waals surface area (Å²) in [6.07, 6.45) is 0. The first kappa shape index (κ1) is 21.0. The first-order valence-corrected chi connectivity index (χ1v) is 9.77. The average Bonchev–Trinajstić information content (AvgIpc) is 3.33. The van der Waals surface area contributed by atoms with Crippen molar-refractivity contribution in [3.8, 4) is 17.1 Å². The molecular weight excluding hydrogens is 418 g/mol. The van der Waals surface area contributed by atoms with Gasteiger partial charge in [0.25, 0.3) is 11.6 Å². The predicted octanol–water partition coefficient (Wildman–Crippen LogP) is 3.01. The fourth-order valence-electron chi connectivity index (χ4n) is 3.46. The van der Waals surface area contributed by atoms with E-state index >= 15 is 0 Å². The molecule has 2 heterocycles. The number of ether oxygens (including phenoxy) is 1. The van der Waals surface area contributed by atoms with Crippen LogP contribution in [0.3, 0.4) is 0 Å². The Morgan fingerprint density at radius 1 is 1.22 bits per heavy atom. The van der Waals surface area contributed by atoms with Crippen molar-refractivity contribution in [2.75, 3.05) is 6.61 Å². The molecule has 4 rings (SSSR count). The molecular formula is C21H19N5O6. The number of amides is 3. The van der Waals surface area contributed by atoms with Crippen molar-refractivity contribution >= 4 is 17.6 Å². The molecule has 0 radical (unpaired) electrons. The summed E-state index contributed by atoms with van der Waals surface area (Å²) >= 11 is 0. The van der Waals surface area contributed by atoms with E-state index < -0.39 is 22.4 Å². The molecule has 1 fully saturated rings. The van der Waals surface area contributed by atoms with E-state index in [0.717, 1.165) is 4.90 Å². The smallest absolute Gasteiger partial charge is 0.325 e. The zero-order chi connectivity index (χ0) is 22.9. The van der Waals surface area contributed by atoms with Crippen molar-refractivity contribution in [2.24, 2.45) is 0 Å². The highest BCUT2D eigenvalue weighted by Crippen LogP contribution is 2.32. The molecule has 1 saturated heterocycles. The van der Waals surface area contributed by atoms with Crippen LogP contribution < -0.4 is 10.1 Å². The molecule has 3 amide bonds. The number of non-ortho nitro benzene ring substituents is 1. The van der Waals surface area contributed by atoms with E-state index in [-0.39, 0.29) is 23.9 Å². The first-order valence-electron chi connectivity index (χ1n) is 9.77. The second-order valence-electron chi connectivity index (χ2n) is 7.19. The third-order valence-corrected chi connectivity index (χ3v) is 5.10. The van der Waals surface area contributed by atoms with Crippen LogP contribution in [-0.2, 0) is 16.9 Å². The minimum absolute atomic E-state index is 0.0538. The number of carbonyl (C=O) groups excluding carboxylic acids is 2. The van der Waals surface area contributed by atoms with Gasteiger partial charge in [0.15, 0.2) is 0 Å². The molecule has 1 aromatic heterocycles. The van der Waals surface area contributed by atoms with Gasteiger partial charge in [-0.15, -0.1) is 0 Å². The number of benzene rings is 2. The van der Waals surface area contributed by atoms with Gasteiger partial charge in [-0.3, -0.25) is 19.8 Å². The van der Waals surface area contributed by atoms with Crippen LogP contribution in [0.25, 0.3) is 11.4 Å². The van der Waals surface area contributed by atoms with Crippen molar-refractivity contribution in [1.29, 1.82) is 0 Å². The number of hydrogen-bond donors (Lipinski definition) is 1. The molecule has 1 aliphatic rings. The van der Waals surface area contributed by atoms with Crippen LogP contribution in [0.1, 0.15) is 25.3 Å². The average molecular weight is 437 g/mol. The highest BCUT2D eigenvalue weighted by molar-refractivity contribution is 6.07. The molecule has 32 heavy (non-hydrogen) atoms. The lowest BCUT2D eigenvalue weighted by Crippen LogP contribution is -2.40. The second kappa shape index (κ2) is 8.10. The lowest BCUT2D eigenvalue weighted by atomic mass is 9.91. The van der Waals surface area contributed by atoms with Crippen molar-refractivity contribution in [1.82, 2.24) is 20.4 Å². The van der Waals surface area contributed by atoms with Gasteiger partial charge in [-0.1, -0.05) is 29.4 Å². The number of imide groups is 1. The molecule has 1 aliphatic heterocycles. The van der Waals surface area contributed by atoms with Gasteiger partial charge in [-0.05, 0) is 31.5 Å². The minimum atomic E-state index is -1.46. The summed E-state index contributed by atoms with van der Waals surface area (Å²) in [5, 5.41) is 17.6. The summed E-state index contributed by atoms with van der Waals surface area (Å²) in [5.74, 6) is 0.309. The molecule has 1 N–H and O–H groups in total. The molecule has 0 saturated carbocycles. The normalized spacial score (nSPS) is 18.0. The predicted molar refractivity (Wildman–Crippen MR) is 110 cm³/mol. The van der Waals surface area contributed by atoms with E-state index in [9.17, 15) is 19.7 Å². The Balaban J connectivity index is 1.58. The molecule has 11 nitrogen and oxygen atoms in total. The monoisotopic (exact) mass is 437 g/mol. The van der Waals surface area contributed by atoms with Gasteiger partial charge in [0.1, 0.15) is 17.8 Å². The van der Waals surface area contributed by atoms with Crippen molar-refractivity contribution < 1.29 is 23.8 Å². The molecule has 0 spiro atoms. The number of para-hydroxylation sites is 1. The Bertz CT molecular complexity index is 1210. The molecule has 164 valence electrons. The van der Waals surface area contributed by atoms with Gasteiger partial charge in [0.2, 0.25) is 11.7 Å². The number of aromatic nitrogens is 2. The van der Waals surface area contributed by atoms with Crippen LogP contribution in [0.5, 0.6) is 5.75 Å². The lowest BCUT2D eigenvalue weighted by Gasteiger charge is -2.21. The van der Waals surface area contributed by atoms with E-state index in [1.54, 1.807) is 24.3 Å². The van der Waals surface area contributed by atoms with Gasteiger partial charge in [-0.2, -0.15) is 4.98 Å². The van der Waals surface area contributed by atoms with Crippen LogP contribution in [0, 0.1) is 10.1 Å². The summed E-state index contributed by atoms with van der Waals surface area (Å²) in [6, 6.07) is 12.1. The third kappa shape index (κ3) is 3.64. The second-order valence-corrected chi connectivity index (χ2v) is 7.19. The van der Waals surface area contributed by atoms with E-state index in [2.05, 4.69) is 15.5 Å². The molecule has 3 aromatic rings. The molecule has 2 aromatic carbocycles. The number of hydrogen-bond acceptors (Lipinski definition) is 8. The lowest BCUT2D eigenvalue weighted by molar-refractivity contribution is -0.385. The molecule has 1 atom stereocenters. The third-order valence-electron chi connectivity index (χ3n) is 5.10. The van der Waals surface area contributed by atoms with E-state index in [4.69, 9.17) is 9.26 Å². The zero-order valence-corrected chi connectivity index (χ0v) is 17.3. The Labute approximate surface area is 182 Å². The van der Waals surface area contributed by atoms with Crippen LogP contribution in [0.4, 0.5) is 10.5 Å². The topological polar surface area (TPSA) is 141 Å². The zero-order valence-electron chi connectivity index (χ0n) is 17.3. The van der Waals surface area contributed by atoms with Crippen molar-refractivity contribution in [3.05, 3.63) is 70.1 Å². The van der Waals surface area contributed by atoms with Gasteiger partial charge >= 0.3 is 6.03 Å². The Hall–Kier alpha value is -4.28. The highest BCUT2D eigenvalue weighted by Gasteiger charge is 2.49. The fourth-order valence-corrected chi connectivity index (χ4v) is 3.46. The van der Waals surface area contributed by atoms with Gasteiger partial charge in [0, 0.05) is 12.1 Å². The summed E-state index contributed by atoms with van der Waals surface area (Å²) in [7, 11) is 0. The highest BCUT2D eigenvalue weighted by atomic mass is 16.6. The number of urea groups is 1. The van der Waals surface area contributed by atoms with E-state index in [1.807, 2.05) is 13.0 Å². The minimum Gasteiger partial charge on any atom is -0.493 e. The van der Waals surface area contributed by atoms with Crippen molar-refractivity contribution in [2.45, 2.75) is 25.9 Å². The number of nitrogens with zero attached hydrogens (tertiary/aromatic N) is 4. The summed E-state index contributed by atoms with van der Waals surface area (Å²) in [4.78, 5) is 41.4. The van der Waals surface area contributed by atoms with Crippen LogP contribution in [0.2, 0.25) is 0 Å². The van der Waals surface area contributed by atoms with Crippen molar-refractivity contribution in [3.63, 3.8) is 0 Å². The summed E-state index contributed by atoms with van der Waals surface area (Å²) in [5.41, 5.74) is -0.737. The maximum atomic E-state index is 13.1. The van der Waals surface area contributed by atoms with Gasteiger partial charge < -0.3 is 14.6 Å². The largest absolute Gasteiger partial charge is 0.493 e. The van der Waals surface area contributed by atoms with Crippen LogP contribution in [-0.4, -0.2) is 38.5 Å². The standard InChI is InChI=1S/C21H19N5O6/c1-3-31-16-10-5-4-9-15(16)18-22-17(32-24-18)12-25-19(27)21(2,23-20(25)28)13-7-6-8-14(11-13)26(29)30/h4-11H,3,12H2,1-2H3,(H,23,28). The number of rotatable bonds is 7. The Kier molecular flexibility index (Phi) is 5.31. The molecule has 0 aliphatic carbocycles. The summed E-state index contributed by atoms with van der Waals surface area (Å²) < 4.78 is 10.8. The first-order chi connectivity index (χ1) is 15.3. The van der Waals surface area contributed by atoms with Crippen LogP contribution in [0.15, 0.2) is 53.1 Å². The molecule has 0 bridgehead atoms. The maximum absolute atomic E-state index is 13.1. The van der Waals surface area contributed by atoms with E-state index in [0.29, 0.717) is 23.5 Å². The van der Waals surface area contributed by atoms with E-state index in [1.165, 1.54) is 25.1 Å². The Morgan fingerprint density at radius 2 is 2.00 bits per heavy atom. The maximum Gasteiger partial charge on any atom is 0.325 e. The number of nitro benzene ring substituents is 1. The van der Waals surface area contributed by atoms with Crippen LogP contribution >= 0.6 is 0 Å². The summed E-state index contributed by atoms with van der Waals surface area (Å²) in [6.45, 7) is 3.55. The Morgan fingerprint density at radius 3 is 2.75 bits per heavy atom. The van der Waals surface area contributed by atoms with Gasteiger partial charge in [-0.25, -0.2) is 4.79 Å². The quantitative estimate of drug-likeness (QED) is 0.338. The molecule has 11 heteroatoms.